The molecule has 0 amide bonds. The summed E-state index contributed by atoms with van der Waals surface area (Å²) in [5, 5.41) is 0. The second kappa shape index (κ2) is 3.60. The summed E-state index contributed by atoms with van der Waals surface area (Å²) in [7, 11) is 0. The molecule has 0 heterocycles. The van der Waals surface area contributed by atoms with Gasteiger partial charge in [-0.2, -0.15) is 0 Å². The van der Waals surface area contributed by atoms with Gasteiger partial charge in [0.2, 0.25) is 0 Å². The van der Waals surface area contributed by atoms with Gasteiger partial charge in [-0.3, -0.25) is 0 Å². The van der Waals surface area contributed by atoms with Crippen LogP contribution in [0.1, 0.15) is 47.0 Å². The van der Waals surface area contributed by atoms with Crippen molar-refractivity contribution in [1.29, 1.82) is 0 Å². The van der Waals surface area contributed by atoms with E-state index >= 15 is 0 Å². The first kappa shape index (κ1) is 9.09. The van der Waals surface area contributed by atoms with Gasteiger partial charge >= 0.3 is 0 Å². The molecular weight excluding hydrogens is 132 g/mol. The molecule has 0 aliphatic heterocycles. The van der Waals surface area contributed by atoms with E-state index in [1.807, 2.05) is 0 Å². The van der Waals surface area contributed by atoms with E-state index in [0.29, 0.717) is 0 Å². The topological polar surface area (TPSA) is 0 Å². The highest BCUT2D eigenvalue weighted by Gasteiger charge is 2.41. The lowest BCUT2D eigenvalue weighted by Crippen LogP contribution is -2.10. The molecule has 1 aliphatic rings. The lowest BCUT2D eigenvalue weighted by atomic mass is 9.87. The van der Waals surface area contributed by atoms with E-state index in [4.69, 9.17) is 0 Å². The van der Waals surface area contributed by atoms with Crippen molar-refractivity contribution in [3.8, 4) is 0 Å². The van der Waals surface area contributed by atoms with Crippen LogP contribution in [-0.4, -0.2) is 0 Å². The summed E-state index contributed by atoms with van der Waals surface area (Å²) < 4.78 is 0. The highest BCUT2D eigenvalue weighted by Crippen LogP contribution is 2.49. The van der Waals surface area contributed by atoms with Crippen LogP contribution in [0, 0.1) is 23.7 Å². The maximum Gasteiger partial charge on any atom is -0.0352 e. The highest BCUT2D eigenvalue weighted by molar-refractivity contribution is 4.90. The van der Waals surface area contributed by atoms with Gasteiger partial charge in [0.05, 0.1) is 0 Å². The second-order valence-electron chi connectivity index (χ2n) is 4.38. The SMILES string of the molecule is CCC1CC1C(CC)C(C)C. The van der Waals surface area contributed by atoms with Gasteiger partial charge in [0.1, 0.15) is 0 Å². The normalized spacial score (nSPS) is 32.5. The summed E-state index contributed by atoms with van der Waals surface area (Å²) in [5.41, 5.74) is 0. The van der Waals surface area contributed by atoms with Crippen LogP contribution >= 0.6 is 0 Å². The molecule has 1 saturated carbocycles. The molecule has 0 heteroatoms. The molecule has 0 nitrogen and oxygen atoms in total. The van der Waals surface area contributed by atoms with Crippen molar-refractivity contribution in [2.24, 2.45) is 23.7 Å². The average molecular weight is 154 g/mol. The van der Waals surface area contributed by atoms with Crippen molar-refractivity contribution >= 4 is 0 Å². The first-order valence-corrected chi connectivity index (χ1v) is 5.20. The third-order valence-corrected chi connectivity index (χ3v) is 3.38. The minimum absolute atomic E-state index is 0.904. The van der Waals surface area contributed by atoms with E-state index in [-0.39, 0.29) is 0 Å². The van der Waals surface area contributed by atoms with Gasteiger partial charge in [0.25, 0.3) is 0 Å². The quantitative estimate of drug-likeness (QED) is 0.579. The van der Waals surface area contributed by atoms with Crippen molar-refractivity contribution in [2.75, 3.05) is 0 Å². The van der Waals surface area contributed by atoms with Gasteiger partial charge < -0.3 is 0 Å². The molecular formula is C11H22. The molecule has 66 valence electrons. The molecule has 0 spiro atoms. The van der Waals surface area contributed by atoms with Crippen molar-refractivity contribution in [1.82, 2.24) is 0 Å². The number of rotatable bonds is 4. The molecule has 0 N–H and O–H groups in total. The molecule has 0 radical (unpaired) electrons. The summed E-state index contributed by atoms with van der Waals surface area (Å²) in [4.78, 5) is 0. The molecule has 0 aromatic carbocycles. The molecule has 11 heavy (non-hydrogen) atoms. The molecule has 1 aliphatic carbocycles. The molecule has 0 saturated heterocycles. The third kappa shape index (κ3) is 1.98. The standard InChI is InChI=1S/C11H22/c1-5-9-7-11(9)10(6-2)8(3)4/h8-11H,5-7H2,1-4H3. The van der Waals surface area contributed by atoms with Crippen LogP contribution < -0.4 is 0 Å². The Morgan fingerprint density at radius 2 is 1.91 bits per heavy atom. The molecule has 3 unspecified atom stereocenters. The fraction of sp³-hybridized carbons (Fsp3) is 1.00. The lowest BCUT2D eigenvalue weighted by molar-refractivity contribution is 0.313. The van der Waals surface area contributed by atoms with Crippen molar-refractivity contribution < 1.29 is 0 Å². The number of hydrogen-bond donors (Lipinski definition) is 0. The minimum atomic E-state index is 0.904. The van der Waals surface area contributed by atoms with E-state index in [1.165, 1.54) is 19.3 Å². The van der Waals surface area contributed by atoms with Crippen LogP contribution in [0.2, 0.25) is 0 Å². The Balaban J connectivity index is 2.33. The van der Waals surface area contributed by atoms with Crippen molar-refractivity contribution in [3.63, 3.8) is 0 Å². The van der Waals surface area contributed by atoms with E-state index in [0.717, 1.165) is 23.7 Å². The Morgan fingerprint density at radius 3 is 2.18 bits per heavy atom. The second-order valence-corrected chi connectivity index (χ2v) is 4.38. The Labute approximate surface area is 71.4 Å². The third-order valence-electron chi connectivity index (χ3n) is 3.38. The van der Waals surface area contributed by atoms with Crippen LogP contribution in [0.25, 0.3) is 0 Å². The highest BCUT2D eigenvalue weighted by atomic mass is 14.5. The smallest absolute Gasteiger partial charge is 0.0352 e. The minimum Gasteiger partial charge on any atom is -0.0651 e. The van der Waals surface area contributed by atoms with Crippen molar-refractivity contribution in [2.45, 2.75) is 47.0 Å². The van der Waals surface area contributed by atoms with Crippen molar-refractivity contribution in [3.05, 3.63) is 0 Å². The lowest BCUT2D eigenvalue weighted by Gasteiger charge is -2.18. The maximum atomic E-state index is 2.37. The average Bonchev–Trinajstić information content (AvgIpc) is 2.68. The largest absolute Gasteiger partial charge is 0.0651 e. The molecule has 1 rings (SSSR count). The monoisotopic (exact) mass is 154 g/mol. The zero-order valence-electron chi connectivity index (χ0n) is 8.43. The Hall–Kier alpha value is 0. The maximum absolute atomic E-state index is 2.37. The summed E-state index contributed by atoms with van der Waals surface area (Å²) in [6.45, 7) is 9.42. The number of hydrogen-bond acceptors (Lipinski definition) is 0. The summed E-state index contributed by atoms with van der Waals surface area (Å²) >= 11 is 0. The molecule has 0 aromatic heterocycles. The Bertz CT molecular complexity index is 115. The van der Waals surface area contributed by atoms with Crippen LogP contribution in [0.3, 0.4) is 0 Å². The van der Waals surface area contributed by atoms with Crippen LogP contribution in [0.15, 0.2) is 0 Å². The molecule has 3 atom stereocenters. The predicted molar refractivity (Wildman–Crippen MR) is 50.5 cm³/mol. The Morgan fingerprint density at radius 1 is 1.27 bits per heavy atom. The van der Waals surface area contributed by atoms with Gasteiger partial charge in [0.15, 0.2) is 0 Å². The van der Waals surface area contributed by atoms with Gasteiger partial charge in [-0.1, -0.05) is 40.5 Å². The summed E-state index contributed by atoms with van der Waals surface area (Å²) in [6, 6.07) is 0. The van der Waals surface area contributed by atoms with Gasteiger partial charge in [-0.05, 0) is 30.1 Å². The molecule has 0 bridgehead atoms. The van der Waals surface area contributed by atoms with E-state index < -0.39 is 0 Å². The van der Waals surface area contributed by atoms with Gasteiger partial charge in [0, 0.05) is 0 Å². The molecule has 1 fully saturated rings. The van der Waals surface area contributed by atoms with E-state index in [9.17, 15) is 0 Å². The summed E-state index contributed by atoms with van der Waals surface area (Å²) in [5.74, 6) is 4.09. The molecule has 0 aromatic rings. The zero-order chi connectivity index (χ0) is 8.43. The van der Waals surface area contributed by atoms with Crippen LogP contribution in [-0.2, 0) is 0 Å². The van der Waals surface area contributed by atoms with Crippen LogP contribution in [0.4, 0.5) is 0 Å². The van der Waals surface area contributed by atoms with Gasteiger partial charge in [-0.15, -0.1) is 0 Å². The summed E-state index contributed by atoms with van der Waals surface area (Å²) in [6.07, 6.45) is 4.32. The fourth-order valence-corrected chi connectivity index (χ4v) is 2.53. The van der Waals surface area contributed by atoms with Gasteiger partial charge in [-0.25, -0.2) is 0 Å². The Kier molecular flexibility index (Phi) is 2.98. The fourth-order valence-electron chi connectivity index (χ4n) is 2.53. The zero-order valence-corrected chi connectivity index (χ0v) is 8.43. The predicted octanol–water partition coefficient (Wildman–Crippen LogP) is 3.71. The first-order valence-electron chi connectivity index (χ1n) is 5.20. The first-order chi connectivity index (χ1) is 5.20. The van der Waals surface area contributed by atoms with E-state index in [2.05, 4.69) is 27.7 Å². The van der Waals surface area contributed by atoms with Crippen LogP contribution in [0.5, 0.6) is 0 Å². The van der Waals surface area contributed by atoms with E-state index in [1.54, 1.807) is 0 Å².